The van der Waals surface area contributed by atoms with Gasteiger partial charge in [0.05, 0.1) is 6.54 Å². The maximum Gasteiger partial charge on any atom is 0.191 e. The molecule has 0 radical (unpaired) electrons. The van der Waals surface area contributed by atoms with Gasteiger partial charge in [-0.2, -0.15) is 0 Å². The summed E-state index contributed by atoms with van der Waals surface area (Å²) in [5.41, 5.74) is -0.0740. The minimum atomic E-state index is -0.963. The van der Waals surface area contributed by atoms with E-state index in [0.29, 0.717) is 12.5 Å². The van der Waals surface area contributed by atoms with E-state index in [2.05, 4.69) is 34.4 Å². The number of benzene rings is 1. The molecule has 1 aromatic rings. The van der Waals surface area contributed by atoms with E-state index in [4.69, 9.17) is 0 Å². The predicted molar refractivity (Wildman–Crippen MR) is 120 cm³/mol. The number of hydrogen-bond acceptors (Lipinski definition) is 3. The first-order valence-electron chi connectivity index (χ1n) is 9.57. The fourth-order valence-electron chi connectivity index (χ4n) is 3.30. The van der Waals surface area contributed by atoms with Crippen LogP contribution < -0.4 is 10.6 Å². The van der Waals surface area contributed by atoms with Gasteiger partial charge in [0, 0.05) is 19.6 Å². The minimum Gasteiger partial charge on any atom is -0.384 e. The molecule has 1 heterocycles. The first kappa shape index (κ1) is 23.2. The first-order chi connectivity index (χ1) is 12.0. The molecule has 0 aromatic heterocycles. The molecule has 5 nitrogen and oxygen atoms in total. The molecule has 1 aromatic carbocycles. The summed E-state index contributed by atoms with van der Waals surface area (Å²) in [6.07, 6.45) is 2.47. The lowest BCUT2D eigenvalue weighted by molar-refractivity contribution is 0.0672. The lowest BCUT2D eigenvalue weighted by Crippen LogP contribution is -2.41. The Labute approximate surface area is 175 Å². The zero-order valence-electron chi connectivity index (χ0n) is 16.4. The van der Waals surface area contributed by atoms with Gasteiger partial charge in [-0.25, -0.2) is 4.99 Å². The lowest BCUT2D eigenvalue weighted by atomic mass is 9.96. The smallest absolute Gasteiger partial charge is 0.191 e. The largest absolute Gasteiger partial charge is 0.384 e. The number of rotatable bonds is 8. The van der Waals surface area contributed by atoms with E-state index in [1.807, 2.05) is 37.3 Å². The highest BCUT2D eigenvalue weighted by atomic mass is 127. The number of halogens is 1. The summed E-state index contributed by atoms with van der Waals surface area (Å²) in [7, 11) is 0. The van der Waals surface area contributed by atoms with Crippen molar-refractivity contribution in [3.63, 3.8) is 0 Å². The molecule has 0 saturated carbocycles. The fraction of sp³-hybridized carbons (Fsp3) is 0.650. The second kappa shape index (κ2) is 11.8. The molecule has 0 spiro atoms. The fourth-order valence-corrected chi connectivity index (χ4v) is 3.30. The Balaban J connectivity index is 0.00000338. The number of nitrogens with zero attached hydrogens (tertiary/aromatic N) is 2. The highest BCUT2D eigenvalue weighted by Crippen LogP contribution is 2.20. The van der Waals surface area contributed by atoms with E-state index < -0.39 is 5.60 Å². The summed E-state index contributed by atoms with van der Waals surface area (Å²) >= 11 is 0. The monoisotopic (exact) mass is 474 g/mol. The summed E-state index contributed by atoms with van der Waals surface area (Å²) in [5.74, 6) is 1.46. The summed E-state index contributed by atoms with van der Waals surface area (Å²) in [4.78, 5) is 7.15. The normalized spacial score (nSPS) is 20.3. The van der Waals surface area contributed by atoms with E-state index >= 15 is 0 Å². The van der Waals surface area contributed by atoms with Gasteiger partial charge in [-0.15, -0.1) is 24.0 Å². The van der Waals surface area contributed by atoms with Crippen LogP contribution in [0.2, 0.25) is 0 Å². The van der Waals surface area contributed by atoms with Crippen molar-refractivity contribution in [3.8, 4) is 0 Å². The Kier molecular flexibility index (Phi) is 10.5. The molecule has 0 bridgehead atoms. The second-order valence-electron chi connectivity index (χ2n) is 7.17. The molecule has 2 unspecified atom stereocenters. The van der Waals surface area contributed by atoms with E-state index in [1.165, 1.54) is 32.5 Å². The van der Waals surface area contributed by atoms with Crippen molar-refractivity contribution in [1.29, 1.82) is 0 Å². The molecule has 1 fully saturated rings. The molecule has 1 saturated heterocycles. The third kappa shape index (κ3) is 7.40. The van der Waals surface area contributed by atoms with Gasteiger partial charge in [0.25, 0.3) is 0 Å². The topological polar surface area (TPSA) is 59.9 Å². The van der Waals surface area contributed by atoms with Gasteiger partial charge in [0.1, 0.15) is 5.60 Å². The number of nitrogens with one attached hydrogen (secondary N) is 2. The molecule has 148 valence electrons. The van der Waals surface area contributed by atoms with Crippen LogP contribution >= 0.6 is 24.0 Å². The second-order valence-corrected chi connectivity index (χ2v) is 7.17. The number of guanidine groups is 1. The van der Waals surface area contributed by atoms with Gasteiger partial charge >= 0.3 is 0 Å². The molecule has 1 aliphatic heterocycles. The first-order valence-corrected chi connectivity index (χ1v) is 9.57. The van der Waals surface area contributed by atoms with E-state index in [0.717, 1.165) is 24.6 Å². The predicted octanol–water partition coefficient (Wildman–Crippen LogP) is 2.80. The molecule has 0 amide bonds. The van der Waals surface area contributed by atoms with Crippen LogP contribution in [0.4, 0.5) is 0 Å². The van der Waals surface area contributed by atoms with Crippen molar-refractivity contribution in [2.45, 2.75) is 39.2 Å². The zero-order valence-corrected chi connectivity index (χ0v) is 18.7. The van der Waals surface area contributed by atoms with E-state index in [9.17, 15) is 5.11 Å². The van der Waals surface area contributed by atoms with Gasteiger partial charge in [0.15, 0.2) is 5.96 Å². The van der Waals surface area contributed by atoms with Gasteiger partial charge < -0.3 is 20.6 Å². The van der Waals surface area contributed by atoms with Crippen molar-refractivity contribution < 1.29 is 5.11 Å². The SMILES string of the molecule is CCCN1CCC(CNC(=NCC(C)(O)c2ccccc2)NCC)C1.I. The van der Waals surface area contributed by atoms with Gasteiger partial charge in [-0.05, 0) is 51.3 Å². The molecule has 2 atom stereocenters. The lowest BCUT2D eigenvalue weighted by Gasteiger charge is -2.23. The third-order valence-corrected chi connectivity index (χ3v) is 4.75. The Morgan fingerprint density at radius 2 is 2.00 bits per heavy atom. The average molecular weight is 474 g/mol. The van der Waals surface area contributed by atoms with Crippen LogP contribution in [-0.2, 0) is 5.60 Å². The molecular formula is C20H35IN4O. The number of aliphatic imine (C=N–C) groups is 1. The van der Waals surface area contributed by atoms with E-state index in [-0.39, 0.29) is 24.0 Å². The summed E-state index contributed by atoms with van der Waals surface area (Å²) in [6.45, 7) is 11.8. The Bertz CT molecular complexity index is 536. The van der Waals surface area contributed by atoms with Crippen LogP contribution in [0.15, 0.2) is 35.3 Å². The van der Waals surface area contributed by atoms with Crippen molar-refractivity contribution in [3.05, 3.63) is 35.9 Å². The Morgan fingerprint density at radius 3 is 2.65 bits per heavy atom. The van der Waals surface area contributed by atoms with Crippen LogP contribution in [0, 0.1) is 5.92 Å². The molecule has 0 aliphatic carbocycles. The van der Waals surface area contributed by atoms with Crippen molar-refractivity contribution in [1.82, 2.24) is 15.5 Å². The Hall–Kier alpha value is -0.860. The standard InChI is InChI=1S/C20H34N4O.HI/c1-4-12-24-13-11-17(15-24)14-22-19(21-5-2)23-16-20(3,25)18-9-7-6-8-10-18;/h6-10,17,25H,4-5,11-16H2,1-3H3,(H2,21,22,23);1H. The summed E-state index contributed by atoms with van der Waals surface area (Å²) in [6, 6.07) is 9.73. The number of aliphatic hydroxyl groups is 1. The van der Waals surface area contributed by atoms with E-state index in [1.54, 1.807) is 0 Å². The molecule has 26 heavy (non-hydrogen) atoms. The van der Waals surface area contributed by atoms with Crippen LogP contribution in [0.25, 0.3) is 0 Å². The van der Waals surface area contributed by atoms with Gasteiger partial charge in [-0.1, -0.05) is 37.3 Å². The molecule has 3 N–H and O–H groups in total. The quantitative estimate of drug-likeness (QED) is 0.308. The van der Waals surface area contributed by atoms with Gasteiger partial charge in [0.2, 0.25) is 0 Å². The molecule has 1 aliphatic rings. The summed E-state index contributed by atoms with van der Waals surface area (Å²) in [5, 5.41) is 17.4. The van der Waals surface area contributed by atoms with Gasteiger partial charge in [-0.3, -0.25) is 0 Å². The maximum atomic E-state index is 10.7. The molecule has 6 heteroatoms. The van der Waals surface area contributed by atoms with Crippen molar-refractivity contribution >= 4 is 29.9 Å². The highest BCUT2D eigenvalue weighted by molar-refractivity contribution is 14.0. The number of hydrogen-bond donors (Lipinski definition) is 3. The Morgan fingerprint density at radius 1 is 1.27 bits per heavy atom. The zero-order chi connectivity index (χ0) is 18.1. The summed E-state index contributed by atoms with van der Waals surface area (Å²) < 4.78 is 0. The highest BCUT2D eigenvalue weighted by Gasteiger charge is 2.24. The van der Waals surface area contributed by atoms with Crippen LogP contribution in [0.3, 0.4) is 0 Å². The van der Waals surface area contributed by atoms with Crippen molar-refractivity contribution in [2.24, 2.45) is 10.9 Å². The number of likely N-dealkylation sites (tertiary alicyclic amines) is 1. The maximum absolute atomic E-state index is 10.7. The third-order valence-electron chi connectivity index (χ3n) is 4.75. The van der Waals surface area contributed by atoms with Crippen molar-refractivity contribution in [2.75, 3.05) is 39.3 Å². The van der Waals surface area contributed by atoms with Crippen LogP contribution in [-0.4, -0.2) is 55.2 Å². The minimum absolute atomic E-state index is 0. The van der Waals surface area contributed by atoms with Crippen LogP contribution in [0.5, 0.6) is 0 Å². The van der Waals surface area contributed by atoms with Crippen LogP contribution in [0.1, 0.15) is 39.2 Å². The molecular weight excluding hydrogens is 439 g/mol. The molecule has 2 rings (SSSR count). The average Bonchev–Trinajstić information content (AvgIpc) is 3.06.